The van der Waals surface area contributed by atoms with Gasteiger partial charge in [0.1, 0.15) is 23.3 Å². The van der Waals surface area contributed by atoms with Crippen LogP contribution < -0.4 is 21.5 Å². The van der Waals surface area contributed by atoms with E-state index in [4.69, 9.17) is 21.5 Å². The molecule has 3 aromatic rings. The molecule has 0 saturated carbocycles. The second kappa shape index (κ2) is 8.10. The van der Waals surface area contributed by atoms with Gasteiger partial charge in [0.05, 0.1) is 11.9 Å². The maximum absolute atomic E-state index is 14.8. The van der Waals surface area contributed by atoms with Gasteiger partial charge in [-0.1, -0.05) is 18.2 Å². The molecule has 0 aliphatic rings. The number of primary amides is 2. The summed E-state index contributed by atoms with van der Waals surface area (Å²) in [6.07, 6.45) is 1.24. The molecule has 2 aromatic carbocycles. The second-order valence-electron chi connectivity index (χ2n) is 5.83. The first-order valence-corrected chi connectivity index (χ1v) is 8.25. The maximum atomic E-state index is 14.8. The smallest absolute Gasteiger partial charge is 0.316 e. The number of hydrogen-bond acceptors (Lipinski definition) is 5. The number of anilines is 1. The van der Waals surface area contributed by atoms with Crippen molar-refractivity contribution in [3.05, 3.63) is 60.2 Å². The number of halogens is 1. The fourth-order valence-electron chi connectivity index (χ4n) is 2.66. The Morgan fingerprint density at radius 2 is 1.97 bits per heavy atom. The van der Waals surface area contributed by atoms with Gasteiger partial charge >= 0.3 is 6.03 Å². The zero-order valence-electron chi connectivity index (χ0n) is 14.9. The Labute approximate surface area is 164 Å². The van der Waals surface area contributed by atoms with E-state index in [1.807, 2.05) is 6.07 Å². The van der Waals surface area contributed by atoms with E-state index in [1.165, 1.54) is 18.3 Å². The molecule has 0 saturated heterocycles. The number of nitrogens with zero attached hydrogens (tertiary/aromatic N) is 3. The fraction of sp³-hybridized carbons (Fsp3) is 0.0526. The SMILES string of the molecule is N#CCOc1cccc(-c2ccc(-n3cc(NC(N)=O)c(C(N)=O)n3)c(F)c2)c1. The summed E-state index contributed by atoms with van der Waals surface area (Å²) in [6, 6.07) is 12.2. The summed E-state index contributed by atoms with van der Waals surface area (Å²) in [7, 11) is 0. The van der Waals surface area contributed by atoms with Gasteiger partial charge in [0.2, 0.25) is 0 Å². The molecule has 0 fully saturated rings. The van der Waals surface area contributed by atoms with Gasteiger partial charge in [0, 0.05) is 0 Å². The lowest BCUT2D eigenvalue weighted by Gasteiger charge is -2.08. The topological polar surface area (TPSA) is 149 Å². The number of ether oxygens (including phenoxy) is 1. The van der Waals surface area contributed by atoms with Crippen LogP contribution >= 0.6 is 0 Å². The van der Waals surface area contributed by atoms with Crippen molar-refractivity contribution >= 4 is 17.6 Å². The lowest BCUT2D eigenvalue weighted by atomic mass is 10.0. The first kappa shape index (κ1) is 19.4. The number of amides is 3. The molecular formula is C19H15FN6O3. The third-order valence-electron chi connectivity index (χ3n) is 3.87. The van der Waals surface area contributed by atoms with Crippen LogP contribution in [0.25, 0.3) is 16.8 Å². The predicted octanol–water partition coefficient (Wildman–Crippen LogP) is 2.17. The van der Waals surface area contributed by atoms with Crippen molar-refractivity contribution in [3.8, 4) is 28.6 Å². The van der Waals surface area contributed by atoms with E-state index in [9.17, 15) is 14.0 Å². The summed E-state index contributed by atoms with van der Waals surface area (Å²) < 4.78 is 21.1. The Balaban J connectivity index is 1.96. The third kappa shape index (κ3) is 4.30. The van der Waals surface area contributed by atoms with E-state index in [0.717, 1.165) is 4.68 Å². The molecule has 0 bridgehead atoms. The highest BCUT2D eigenvalue weighted by Crippen LogP contribution is 2.27. The van der Waals surface area contributed by atoms with Crippen molar-refractivity contribution in [2.45, 2.75) is 0 Å². The number of benzene rings is 2. The van der Waals surface area contributed by atoms with Crippen molar-refractivity contribution in [1.29, 1.82) is 5.26 Å². The average molecular weight is 394 g/mol. The van der Waals surface area contributed by atoms with Gasteiger partial charge in [-0.05, 0) is 35.4 Å². The van der Waals surface area contributed by atoms with E-state index in [0.29, 0.717) is 16.9 Å². The number of urea groups is 1. The van der Waals surface area contributed by atoms with Crippen LogP contribution in [0.3, 0.4) is 0 Å². The van der Waals surface area contributed by atoms with E-state index in [1.54, 1.807) is 30.3 Å². The van der Waals surface area contributed by atoms with E-state index in [2.05, 4.69) is 10.4 Å². The van der Waals surface area contributed by atoms with E-state index < -0.39 is 17.8 Å². The average Bonchev–Trinajstić information content (AvgIpc) is 3.09. The lowest BCUT2D eigenvalue weighted by molar-refractivity contribution is 0.0996. The maximum Gasteiger partial charge on any atom is 0.316 e. The quantitative estimate of drug-likeness (QED) is 0.586. The Hall–Kier alpha value is -4.39. The molecule has 9 nitrogen and oxygen atoms in total. The minimum absolute atomic E-state index is 0.0316. The minimum Gasteiger partial charge on any atom is -0.479 e. The Morgan fingerprint density at radius 1 is 1.21 bits per heavy atom. The summed E-state index contributed by atoms with van der Waals surface area (Å²) >= 11 is 0. The van der Waals surface area contributed by atoms with Crippen molar-refractivity contribution in [2.24, 2.45) is 11.5 Å². The number of nitrogens with one attached hydrogen (secondary N) is 1. The van der Waals surface area contributed by atoms with Crippen LogP contribution in [0.4, 0.5) is 14.9 Å². The molecule has 146 valence electrons. The summed E-state index contributed by atoms with van der Waals surface area (Å²) in [5, 5.41) is 14.7. The molecular weight excluding hydrogens is 379 g/mol. The Morgan fingerprint density at radius 3 is 2.62 bits per heavy atom. The molecule has 1 heterocycles. The fourth-order valence-corrected chi connectivity index (χ4v) is 2.66. The zero-order chi connectivity index (χ0) is 21.0. The Bertz CT molecular complexity index is 1140. The van der Waals surface area contributed by atoms with Crippen molar-refractivity contribution in [2.75, 3.05) is 11.9 Å². The number of hydrogen-bond donors (Lipinski definition) is 3. The molecule has 0 atom stereocenters. The van der Waals surface area contributed by atoms with Crippen LogP contribution in [0.5, 0.6) is 5.75 Å². The number of rotatable bonds is 6. The molecule has 3 amide bonds. The van der Waals surface area contributed by atoms with Gasteiger partial charge in [0.15, 0.2) is 12.3 Å². The molecule has 10 heteroatoms. The molecule has 3 rings (SSSR count). The minimum atomic E-state index is -0.915. The summed E-state index contributed by atoms with van der Waals surface area (Å²) in [4.78, 5) is 22.6. The number of nitriles is 1. The largest absolute Gasteiger partial charge is 0.479 e. The molecule has 0 aliphatic heterocycles. The van der Waals surface area contributed by atoms with Gasteiger partial charge in [-0.15, -0.1) is 0 Å². The van der Waals surface area contributed by atoms with Crippen LogP contribution in [-0.2, 0) is 0 Å². The summed E-state index contributed by atoms with van der Waals surface area (Å²) in [5.74, 6) is -1.05. The number of aromatic nitrogens is 2. The van der Waals surface area contributed by atoms with E-state index >= 15 is 0 Å². The van der Waals surface area contributed by atoms with Crippen LogP contribution in [0.15, 0.2) is 48.7 Å². The highest BCUT2D eigenvalue weighted by Gasteiger charge is 2.18. The van der Waals surface area contributed by atoms with Crippen molar-refractivity contribution in [1.82, 2.24) is 9.78 Å². The van der Waals surface area contributed by atoms with Gasteiger partial charge in [-0.25, -0.2) is 13.9 Å². The standard InChI is InChI=1S/C19H15FN6O3/c20-14-9-12(11-2-1-3-13(8-11)29-7-6-21)4-5-16(14)26-10-15(24-19(23)28)17(25-26)18(22)27/h1-5,8-10H,7H2,(H2,22,27)(H3,23,24,28). The van der Waals surface area contributed by atoms with Gasteiger partial charge < -0.3 is 21.5 Å². The van der Waals surface area contributed by atoms with Crippen molar-refractivity contribution < 1.29 is 18.7 Å². The van der Waals surface area contributed by atoms with Crippen LogP contribution in [0.1, 0.15) is 10.5 Å². The molecule has 29 heavy (non-hydrogen) atoms. The predicted molar refractivity (Wildman–Crippen MR) is 102 cm³/mol. The first-order chi connectivity index (χ1) is 13.9. The summed E-state index contributed by atoms with van der Waals surface area (Å²) in [6.45, 7) is -0.0973. The Kier molecular flexibility index (Phi) is 5.41. The van der Waals surface area contributed by atoms with Crippen molar-refractivity contribution in [3.63, 3.8) is 0 Å². The monoisotopic (exact) mass is 394 g/mol. The number of nitrogens with two attached hydrogens (primary N) is 2. The highest BCUT2D eigenvalue weighted by atomic mass is 19.1. The highest BCUT2D eigenvalue weighted by molar-refractivity contribution is 6.00. The normalized spacial score (nSPS) is 10.2. The van der Waals surface area contributed by atoms with Crippen LogP contribution in [0.2, 0.25) is 0 Å². The zero-order valence-corrected chi connectivity index (χ0v) is 14.9. The lowest BCUT2D eigenvalue weighted by Crippen LogP contribution is -2.22. The second-order valence-corrected chi connectivity index (χ2v) is 5.83. The molecule has 0 aliphatic carbocycles. The van der Waals surface area contributed by atoms with Gasteiger partial charge in [-0.3, -0.25) is 4.79 Å². The first-order valence-electron chi connectivity index (χ1n) is 8.25. The molecule has 5 N–H and O–H groups in total. The molecule has 0 unspecified atom stereocenters. The van der Waals surface area contributed by atoms with Gasteiger partial charge in [-0.2, -0.15) is 10.4 Å². The van der Waals surface area contributed by atoms with Crippen LogP contribution in [-0.4, -0.2) is 28.3 Å². The third-order valence-corrected chi connectivity index (χ3v) is 3.87. The van der Waals surface area contributed by atoms with E-state index in [-0.39, 0.29) is 23.7 Å². The molecule has 0 radical (unpaired) electrons. The number of carbonyl (C=O) groups is 2. The molecule has 0 spiro atoms. The van der Waals surface area contributed by atoms with Crippen LogP contribution in [0, 0.1) is 17.1 Å². The number of carbonyl (C=O) groups excluding carboxylic acids is 2. The summed E-state index contributed by atoms with van der Waals surface area (Å²) in [5.41, 5.74) is 11.3. The molecule has 1 aromatic heterocycles. The van der Waals surface area contributed by atoms with Gasteiger partial charge in [0.25, 0.3) is 5.91 Å².